The Hall–Kier alpha value is -3.09. The molecular weight excluding hydrogens is 396 g/mol. The van der Waals surface area contributed by atoms with E-state index in [0.717, 1.165) is 5.56 Å². The zero-order chi connectivity index (χ0) is 22.5. The molecule has 1 amide bonds. The van der Waals surface area contributed by atoms with Crippen molar-refractivity contribution < 1.29 is 24.5 Å². The monoisotopic (exact) mass is 426 g/mol. The van der Waals surface area contributed by atoms with E-state index in [0.29, 0.717) is 5.92 Å². The number of carbonyl (C=O) groups excluding carboxylic acids is 1. The number of rotatable bonds is 7. The topological polar surface area (TPSA) is 100.0 Å². The first-order chi connectivity index (χ1) is 14.8. The molecule has 1 aliphatic rings. The summed E-state index contributed by atoms with van der Waals surface area (Å²) in [6, 6.07) is 7.86. The average Bonchev–Trinajstić information content (AvgIpc) is 2.79. The molecule has 1 fully saturated rings. The van der Waals surface area contributed by atoms with Crippen LogP contribution in [0.25, 0.3) is 0 Å². The van der Waals surface area contributed by atoms with Crippen LogP contribution in [-0.2, 0) is 4.79 Å². The molecule has 0 spiro atoms. The molecule has 2 N–H and O–H groups in total. The van der Waals surface area contributed by atoms with Gasteiger partial charge in [0.15, 0.2) is 17.2 Å². The van der Waals surface area contributed by atoms with Gasteiger partial charge in [0.2, 0.25) is 0 Å². The van der Waals surface area contributed by atoms with Crippen LogP contribution < -0.4 is 4.74 Å². The molecule has 1 aromatic carbocycles. The van der Waals surface area contributed by atoms with Crippen molar-refractivity contribution in [2.75, 3.05) is 7.11 Å². The van der Waals surface area contributed by atoms with Gasteiger partial charge in [-0.05, 0) is 43.7 Å². The first-order valence-electron chi connectivity index (χ1n) is 10.7. The molecule has 0 aliphatic heterocycles. The quantitative estimate of drug-likeness (QED) is 0.675. The maximum atomic E-state index is 13.3. The summed E-state index contributed by atoms with van der Waals surface area (Å²) in [4.78, 5) is 30.3. The summed E-state index contributed by atoms with van der Waals surface area (Å²) >= 11 is 0. The number of benzene rings is 1. The zero-order valence-corrected chi connectivity index (χ0v) is 18.2. The van der Waals surface area contributed by atoms with Crippen molar-refractivity contribution in [1.82, 2.24) is 9.88 Å². The van der Waals surface area contributed by atoms with E-state index in [9.17, 15) is 19.8 Å². The Labute approximate surface area is 182 Å². The smallest absolute Gasteiger partial charge is 0.326 e. The predicted molar refractivity (Wildman–Crippen MR) is 116 cm³/mol. The predicted octanol–water partition coefficient (Wildman–Crippen LogP) is 4.52. The normalized spacial score (nSPS) is 16.4. The Kier molecular flexibility index (Phi) is 7.15. The number of carboxylic acid groups (broad SMARTS) is 1. The standard InChI is InChI=1S/C24H30N2O5/c1-15(17-9-11-19(12-10-17)18-7-5-4-6-8-18)26(16(2)24(29)30)23(28)21-22(27)20(31-3)13-14-25-21/h9-16,18,27H,4-8H2,1-3H3,(H,29,30). The second-order valence-electron chi connectivity index (χ2n) is 8.11. The fraction of sp³-hybridized carbons (Fsp3) is 0.458. The number of amides is 1. The fourth-order valence-corrected chi connectivity index (χ4v) is 4.33. The van der Waals surface area contributed by atoms with Crippen LogP contribution >= 0.6 is 0 Å². The summed E-state index contributed by atoms with van der Waals surface area (Å²) in [5.74, 6) is -1.55. The van der Waals surface area contributed by atoms with Crippen LogP contribution in [0.2, 0.25) is 0 Å². The van der Waals surface area contributed by atoms with Crippen LogP contribution in [0.5, 0.6) is 11.5 Å². The van der Waals surface area contributed by atoms with E-state index in [1.54, 1.807) is 6.92 Å². The highest BCUT2D eigenvalue weighted by Gasteiger charge is 2.34. The lowest BCUT2D eigenvalue weighted by atomic mass is 9.83. The number of hydrogen-bond acceptors (Lipinski definition) is 5. The highest BCUT2D eigenvalue weighted by atomic mass is 16.5. The van der Waals surface area contributed by atoms with Crippen molar-refractivity contribution in [3.8, 4) is 11.5 Å². The summed E-state index contributed by atoms with van der Waals surface area (Å²) in [5.41, 5.74) is 1.87. The van der Waals surface area contributed by atoms with Crippen LogP contribution in [-0.4, -0.2) is 45.1 Å². The molecule has 0 saturated heterocycles. The molecule has 1 heterocycles. The minimum atomic E-state index is -1.14. The SMILES string of the molecule is COc1ccnc(C(=O)N(C(C)C(=O)O)C(C)c2ccc(C3CCCCC3)cc2)c1O. The summed E-state index contributed by atoms with van der Waals surface area (Å²) in [6.45, 7) is 3.23. The molecule has 2 aromatic rings. The van der Waals surface area contributed by atoms with Crippen molar-refractivity contribution in [2.45, 2.75) is 64.0 Å². The molecule has 0 bridgehead atoms. The van der Waals surface area contributed by atoms with Crippen LogP contribution in [0.3, 0.4) is 0 Å². The van der Waals surface area contributed by atoms with E-state index >= 15 is 0 Å². The Morgan fingerprint density at radius 1 is 1.10 bits per heavy atom. The first kappa shape index (κ1) is 22.6. The van der Waals surface area contributed by atoms with Gasteiger partial charge in [-0.2, -0.15) is 0 Å². The van der Waals surface area contributed by atoms with Gasteiger partial charge in [0.25, 0.3) is 5.91 Å². The number of nitrogens with zero attached hydrogens (tertiary/aromatic N) is 2. The minimum Gasteiger partial charge on any atom is -0.503 e. The Morgan fingerprint density at radius 2 is 1.74 bits per heavy atom. The van der Waals surface area contributed by atoms with Gasteiger partial charge in [0.05, 0.1) is 13.2 Å². The molecule has 2 unspecified atom stereocenters. The molecule has 1 aromatic heterocycles. The number of carbonyl (C=O) groups is 2. The van der Waals surface area contributed by atoms with Gasteiger partial charge < -0.3 is 19.8 Å². The van der Waals surface area contributed by atoms with Crippen LogP contribution in [0.4, 0.5) is 0 Å². The number of ether oxygens (including phenoxy) is 1. The molecule has 2 atom stereocenters. The van der Waals surface area contributed by atoms with E-state index in [2.05, 4.69) is 17.1 Å². The third kappa shape index (κ3) is 4.81. The summed E-state index contributed by atoms with van der Waals surface area (Å²) < 4.78 is 5.06. The molecule has 166 valence electrons. The number of pyridine rings is 1. The molecule has 3 rings (SSSR count). The van der Waals surface area contributed by atoms with E-state index in [1.807, 2.05) is 12.1 Å². The summed E-state index contributed by atoms with van der Waals surface area (Å²) in [6.07, 6.45) is 7.52. The molecule has 1 aliphatic carbocycles. The lowest BCUT2D eigenvalue weighted by Gasteiger charge is -2.33. The van der Waals surface area contributed by atoms with Gasteiger partial charge in [-0.1, -0.05) is 43.5 Å². The highest BCUT2D eigenvalue weighted by molar-refractivity contribution is 5.98. The van der Waals surface area contributed by atoms with Crippen LogP contribution in [0.1, 0.15) is 79.5 Å². The van der Waals surface area contributed by atoms with Crippen LogP contribution in [0.15, 0.2) is 36.5 Å². The van der Waals surface area contributed by atoms with Crippen molar-refractivity contribution in [1.29, 1.82) is 0 Å². The van der Waals surface area contributed by atoms with E-state index in [4.69, 9.17) is 4.74 Å². The second-order valence-corrected chi connectivity index (χ2v) is 8.11. The van der Waals surface area contributed by atoms with Gasteiger partial charge in [0.1, 0.15) is 6.04 Å². The molecule has 7 nitrogen and oxygen atoms in total. The summed E-state index contributed by atoms with van der Waals surface area (Å²) in [7, 11) is 1.37. The minimum absolute atomic E-state index is 0.103. The number of aromatic hydroxyl groups is 1. The zero-order valence-electron chi connectivity index (χ0n) is 18.2. The Bertz CT molecular complexity index is 922. The maximum absolute atomic E-state index is 13.3. The van der Waals surface area contributed by atoms with E-state index < -0.39 is 29.7 Å². The Morgan fingerprint density at radius 3 is 2.32 bits per heavy atom. The number of carboxylic acids is 1. The molecular formula is C24H30N2O5. The van der Waals surface area contributed by atoms with Gasteiger partial charge in [-0.15, -0.1) is 0 Å². The molecule has 7 heteroatoms. The first-order valence-corrected chi connectivity index (χ1v) is 10.7. The number of aliphatic carboxylic acids is 1. The number of aromatic nitrogens is 1. The maximum Gasteiger partial charge on any atom is 0.326 e. The fourth-order valence-electron chi connectivity index (χ4n) is 4.33. The van der Waals surface area contributed by atoms with Crippen molar-refractivity contribution in [3.05, 3.63) is 53.3 Å². The van der Waals surface area contributed by atoms with Crippen molar-refractivity contribution >= 4 is 11.9 Å². The van der Waals surface area contributed by atoms with E-state index in [-0.39, 0.29) is 11.4 Å². The molecule has 0 radical (unpaired) electrons. The highest BCUT2D eigenvalue weighted by Crippen LogP contribution is 2.35. The summed E-state index contributed by atoms with van der Waals surface area (Å²) in [5, 5.41) is 20.0. The average molecular weight is 427 g/mol. The molecule has 31 heavy (non-hydrogen) atoms. The molecule has 1 saturated carbocycles. The largest absolute Gasteiger partial charge is 0.503 e. The number of hydrogen-bond donors (Lipinski definition) is 2. The van der Waals surface area contributed by atoms with E-state index in [1.165, 1.54) is 68.9 Å². The Balaban J connectivity index is 1.91. The second kappa shape index (κ2) is 9.81. The lowest BCUT2D eigenvalue weighted by molar-refractivity contribution is -0.142. The van der Waals surface area contributed by atoms with Crippen molar-refractivity contribution in [3.63, 3.8) is 0 Å². The number of methoxy groups -OCH3 is 1. The van der Waals surface area contributed by atoms with Gasteiger partial charge in [-0.25, -0.2) is 9.78 Å². The van der Waals surface area contributed by atoms with Gasteiger partial charge in [-0.3, -0.25) is 4.79 Å². The van der Waals surface area contributed by atoms with Crippen LogP contribution in [0, 0.1) is 0 Å². The van der Waals surface area contributed by atoms with Crippen molar-refractivity contribution in [2.24, 2.45) is 0 Å². The van der Waals surface area contributed by atoms with Gasteiger partial charge in [0, 0.05) is 12.3 Å². The third-order valence-corrected chi connectivity index (χ3v) is 6.23. The van der Waals surface area contributed by atoms with Gasteiger partial charge >= 0.3 is 5.97 Å². The lowest BCUT2D eigenvalue weighted by Crippen LogP contribution is -2.45. The third-order valence-electron chi connectivity index (χ3n) is 6.23.